The van der Waals surface area contributed by atoms with Gasteiger partial charge < -0.3 is 10.1 Å². The monoisotopic (exact) mass is 289 g/mol. The van der Waals surface area contributed by atoms with E-state index < -0.39 is 0 Å². The lowest BCUT2D eigenvalue weighted by Crippen LogP contribution is -2.21. The van der Waals surface area contributed by atoms with Crippen molar-refractivity contribution in [3.8, 4) is 5.75 Å². The maximum atomic E-state index is 5.58. The summed E-state index contributed by atoms with van der Waals surface area (Å²) in [6, 6.07) is 8.97. The zero-order chi connectivity index (χ0) is 15.3. The van der Waals surface area contributed by atoms with Crippen molar-refractivity contribution in [1.82, 2.24) is 0 Å². The number of hydrogen-bond acceptors (Lipinski definition) is 2. The van der Waals surface area contributed by atoms with Crippen LogP contribution in [0.3, 0.4) is 0 Å². The molecule has 0 heterocycles. The third kappa shape index (κ3) is 4.94. The van der Waals surface area contributed by atoms with E-state index in [1.165, 1.54) is 37.8 Å². The maximum Gasteiger partial charge on any atom is 0.121 e. The molecule has 118 valence electrons. The third-order valence-electron chi connectivity index (χ3n) is 4.71. The van der Waals surface area contributed by atoms with Gasteiger partial charge in [-0.2, -0.15) is 0 Å². The fourth-order valence-corrected chi connectivity index (χ4v) is 3.39. The molecule has 21 heavy (non-hydrogen) atoms. The van der Waals surface area contributed by atoms with Gasteiger partial charge in [-0.25, -0.2) is 0 Å². The lowest BCUT2D eigenvalue weighted by atomic mass is 9.76. The van der Waals surface area contributed by atoms with Gasteiger partial charge in [0, 0.05) is 17.8 Å². The van der Waals surface area contributed by atoms with Crippen LogP contribution >= 0.6 is 0 Å². The highest BCUT2D eigenvalue weighted by atomic mass is 16.5. The molecule has 2 heteroatoms. The van der Waals surface area contributed by atoms with E-state index in [2.05, 4.69) is 44.3 Å². The van der Waals surface area contributed by atoms with Crippen LogP contribution in [-0.4, -0.2) is 12.6 Å². The zero-order valence-electron chi connectivity index (χ0n) is 14.1. The van der Waals surface area contributed by atoms with Gasteiger partial charge in [-0.1, -0.05) is 33.3 Å². The van der Waals surface area contributed by atoms with E-state index in [0.29, 0.717) is 11.5 Å². The Kier molecular flexibility index (Phi) is 5.55. The van der Waals surface area contributed by atoms with Gasteiger partial charge in [0.2, 0.25) is 0 Å². The Morgan fingerprint density at radius 1 is 1.14 bits per heavy atom. The molecule has 1 aromatic carbocycles. The van der Waals surface area contributed by atoms with E-state index >= 15 is 0 Å². The minimum atomic E-state index is 0.448. The lowest BCUT2D eigenvalue weighted by molar-refractivity contribution is 0.214. The summed E-state index contributed by atoms with van der Waals surface area (Å²) in [5.74, 6) is 1.82. The quantitative estimate of drug-likeness (QED) is 0.740. The molecule has 0 saturated heterocycles. The molecule has 1 aliphatic carbocycles. The number of ether oxygens (including phenoxy) is 1. The molecule has 1 aromatic rings. The Labute approximate surface area is 130 Å². The third-order valence-corrected chi connectivity index (χ3v) is 4.71. The molecule has 2 atom stereocenters. The van der Waals surface area contributed by atoms with Crippen LogP contribution < -0.4 is 10.1 Å². The number of anilines is 1. The summed E-state index contributed by atoms with van der Waals surface area (Å²) in [5.41, 5.74) is 1.64. The topological polar surface area (TPSA) is 21.3 Å². The Morgan fingerprint density at radius 2 is 1.95 bits per heavy atom. The van der Waals surface area contributed by atoms with Crippen LogP contribution in [0.1, 0.15) is 59.8 Å². The smallest absolute Gasteiger partial charge is 0.121 e. The van der Waals surface area contributed by atoms with Crippen molar-refractivity contribution < 1.29 is 4.74 Å². The van der Waals surface area contributed by atoms with Gasteiger partial charge in [0.05, 0.1) is 6.61 Å². The van der Waals surface area contributed by atoms with Crippen molar-refractivity contribution in [2.45, 2.75) is 65.8 Å². The molecule has 0 aromatic heterocycles. The van der Waals surface area contributed by atoms with Gasteiger partial charge in [0.25, 0.3) is 0 Å². The van der Waals surface area contributed by atoms with Crippen molar-refractivity contribution in [3.63, 3.8) is 0 Å². The normalized spacial score (nSPS) is 23.4. The highest BCUT2D eigenvalue weighted by Gasteiger charge is 2.27. The first kappa shape index (κ1) is 16.2. The Bertz CT molecular complexity index is 435. The van der Waals surface area contributed by atoms with Crippen molar-refractivity contribution >= 4 is 5.69 Å². The Morgan fingerprint density at radius 3 is 2.67 bits per heavy atom. The first-order valence-electron chi connectivity index (χ1n) is 8.48. The molecule has 2 unspecified atom stereocenters. The van der Waals surface area contributed by atoms with E-state index in [0.717, 1.165) is 18.3 Å². The lowest BCUT2D eigenvalue weighted by Gasteiger charge is -2.29. The average molecular weight is 289 g/mol. The molecule has 0 amide bonds. The number of rotatable bonds is 4. The van der Waals surface area contributed by atoms with Crippen molar-refractivity contribution in [3.05, 3.63) is 24.3 Å². The summed E-state index contributed by atoms with van der Waals surface area (Å²) >= 11 is 0. The molecule has 2 rings (SSSR count). The SMILES string of the molecule is CCOc1cccc(NC2CCCC(C(C)(C)C)CC2)c1. The number of benzene rings is 1. The predicted molar refractivity (Wildman–Crippen MR) is 91.1 cm³/mol. The highest BCUT2D eigenvalue weighted by molar-refractivity contribution is 5.48. The van der Waals surface area contributed by atoms with Gasteiger partial charge in [-0.05, 0) is 56.1 Å². The maximum absolute atomic E-state index is 5.58. The second-order valence-electron chi connectivity index (χ2n) is 7.37. The molecule has 1 N–H and O–H groups in total. The first-order valence-corrected chi connectivity index (χ1v) is 8.48. The molecule has 1 saturated carbocycles. The zero-order valence-corrected chi connectivity index (χ0v) is 14.1. The molecule has 0 aliphatic heterocycles. The van der Waals surface area contributed by atoms with E-state index in [1.54, 1.807) is 0 Å². The summed E-state index contributed by atoms with van der Waals surface area (Å²) in [6.45, 7) is 9.91. The molecule has 0 spiro atoms. The molecule has 0 radical (unpaired) electrons. The molecule has 1 fully saturated rings. The second kappa shape index (κ2) is 7.20. The molecular formula is C19H31NO. The minimum absolute atomic E-state index is 0.448. The summed E-state index contributed by atoms with van der Waals surface area (Å²) in [6.07, 6.45) is 6.62. The van der Waals surface area contributed by atoms with Crippen LogP contribution in [0, 0.1) is 11.3 Å². The van der Waals surface area contributed by atoms with Crippen LogP contribution in [0.5, 0.6) is 5.75 Å². The fraction of sp³-hybridized carbons (Fsp3) is 0.684. The number of nitrogens with one attached hydrogen (secondary N) is 1. The summed E-state index contributed by atoms with van der Waals surface area (Å²) < 4.78 is 5.58. The van der Waals surface area contributed by atoms with Crippen molar-refractivity contribution in [1.29, 1.82) is 0 Å². The highest BCUT2D eigenvalue weighted by Crippen LogP contribution is 2.37. The standard InChI is InChI=1S/C19H31NO/c1-5-21-18-11-7-10-17(14-18)20-16-9-6-8-15(12-13-16)19(2,3)4/h7,10-11,14-16,20H,5-6,8-9,12-13H2,1-4H3. The van der Waals surface area contributed by atoms with E-state index in [-0.39, 0.29) is 0 Å². The van der Waals surface area contributed by atoms with Crippen molar-refractivity contribution in [2.24, 2.45) is 11.3 Å². The molecular weight excluding hydrogens is 258 g/mol. The predicted octanol–water partition coefficient (Wildman–Crippen LogP) is 5.49. The van der Waals surface area contributed by atoms with Gasteiger partial charge in [0.15, 0.2) is 0 Å². The molecule has 1 aliphatic rings. The number of hydrogen-bond donors (Lipinski definition) is 1. The van der Waals surface area contributed by atoms with Crippen LogP contribution in [0.2, 0.25) is 0 Å². The van der Waals surface area contributed by atoms with Crippen LogP contribution in [0.25, 0.3) is 0 Å². The first-order chi connectivity index (χ1) is 9.99. The largest absolute Gasteiger partial charge is 0.494 e. The second-order valence-corrected chi connectivity index (χ2v) is 7.37. The summed E-state index contributed by atoms with van der Waals surface area (Å²) in [5, 5.41) is 3.71. The molecule has 2 nitrogen and oxygen atoms in total. The summed E-state index contributed by atoms with van der Waals surface area (Å²) in [7, 11) is 0. The fourth-order valence-electron chi connectivity index (χ4n) is 3.39. The van der Waals surface area contributed by atoms with Crippen molar-refractivity contribution in [2.75, 3.05) is 11.9 Å². The van der Waals surface area contributed by atoms with Crippen LogP contribution in [0.4, 0.5) is 5.69 Å². The van der Waals surface area contributed by atoms with E-state index in [1.807, 2.05) is 13.0 Å². The van der Waals surface area contributed by atoms with E-state index in [9.17, 15) is 0 Å². The summed E-state index contributed by atoms with van der Waals surface area (Å²) in [4.78, 5) is 0. The van der Waals surface area contributed by atoms with Crippen LogP contribution in [0.15, 0.2) is 24.3 Å². The minimum Gasteiger partial charge on any atom is -0.494 e. The average Bonchev–Trinajstić information content (AvgIpc) is 2.65. The van der Waals surface area contributed by atoms with E-state index in [4.69, 9.17) is 4.74 Å². The van der Waals surface area contributed by atoms with Gasteiger partial charge >= 0.3 is 0 Å². The Balaban J connectivity index is 1.93. The van der Waals surface area contributed by atoms with Crippen LogP contribution in [-0.2, 0) is 0 Å². The van der Waals surface area contributed by atoms with Gasteiger partial charge in [-0.15, -0.1) is 0 Å². The van der Waals surface area contributed by atoms with Gasteiger partial charge in [0.1, 0.15) is 5.75 Å². The van der Waals surface area contributed by atoms with Gasteiger partial charge in [-0.3, -0.25) is 0 Å². The molecule has 0 bridgehead atoms. The Hall–Kier alpha value is -1.18.